The van der Waals surface area contributed by atoms with Crippen molar-refractivity contribution in [2.75, 3.05) is 26.2 Å². The van der Waals surface area contributed by atoms with Crippen LogP contribution in [-0.2, 0) is 28.4 Å². The van der Waals surface area contributed by atoms with Crippen LogP contribution in [0.3, 0.4) is 0 Å². The first-order chi connectivity index (χ1) is 18.7. The second kappa shape index (κ2) is 13.9. The molecule has 0 aromatic rings. The molecule has 0 aromatic carbocycles. The maximum Gasteiger partial charge on any atom is 0.509 e. The van der Waals surface area contributed by atoms with Crippen molar-refractivity contribution in [1.82, 2.24) is 9.80 Å². The fourth-order valence-electron chi connectivity index (χ4n) is 3.44. The number of carbonyl (C=O) groups is 4. The summed E-state index contributed by atoms with van der Waals surface area (Å²) in [5, 5.41) is 0. The fourth-order valence-corrected chi connectivity index (χ4v) is 3.44. The number of alkyl halides is 2. The van der Waals surface area contributed by atoms with Crippen LogP contribution in [0.2, 0.25) is 0 Å². The second-order valence-electron chi connectivity index (χ2n) is 14.0. The van der Waals surface area contributed by atoms with E-state index in [4.69, 9.17) is 28.4 Å². The number of hydrogen-bond acceptors (Lipinski definition) is 10. The lowest BCUT2D eigenvalue weighted by atomic mass is 10.2. The van der Waals surface area contributed by atoms with E-state index in [2.05, 4.69) is 0 Å². The van der Waals surface area contributed by atoms with E-state index in [-0.39, 0.29) is 26.2 Å². The topological polar surface area (TPSA) is 130 Å². The highest BCUT2D eigenvalue weighted by Crippen LogP contribution is 2.23. The Hall–Kier alpha value is -3.06. The summed E-state index contributed by atoms with van der Waals surface area (Å²) < 4.78 is 57.8. The molecule has 2 aliphatic rings. The molecule has 0 N–H and O–H groups in total. The molecule has 2 saturated heterocycles. The van der Waals surface area contributed by atoms with Crippen LogP contribution in [0.1, 0.15) is 83.1 Å². The van der Waals surface area contributed by atoms with Crippen molar-refractivity contribution in [3.63, 3.8) is 0 Å². The molecule has 2 fully saturated rings. The second-order valence-corrected chi connectivity index (χ2v) is 14.0. The average molecular weight is 611 g/mol. The summed E-state index contributed by atoms with van der Waals surface area (Å²) in [5.74, 6) is 0. The molecule has 0 bridgehead atoms. The van der Waals surface area contributed by atoms with Crippen LogP contribution in [-0.4, -0.2) is 107 Å². The van der Waals surface area contributed by atoms with E-state index in [0.717, 1.165) is 0 Å². The first kappa shape index (κ1) is 37.0. The fraction of sp³-hybridized carbons (Fsp3) is 0.857. The zero-order valence-corrected chi connectivity index (χ0v) is 26.9. The number of amides is 2. The van der Waals surface area contributed by atoms with Gasteiger partial charge in [0.25, 0.3) is 0 Å². The lowest BCUT2D eigenvalue weighted by Gasteiger charge is -2.24. The quantitative estimate of drug-likeness (QED) is 0.280. The highest BCUT2D eigenvalue weighted by molar-refractivity contribution is 5.69. The molecule has 4 atom stereocenters. The third kappa shape index (κ3) is 14.7. The Morgan fingerprint density at radius 3 is 1.00 bits per heavy atom. The predicted octanol–water partition coefficient (Wildman–Crippen LogP) is 5.79. The number of nitrogens with zero attached hydrogens (tertiary/aromatic N) is 2. The van der Waals surface area contributed by atoms with Crippen molar-refractivity contribution in [1.29, 1.82) is 0 Å². The van der Waals surface area contributed by atoms with Gasteiger partial charge in [0.1, 0.15) is 22.4 Å². The van der Waals surface area contributed by atoms with Crippen LogP contribution in [0.25, 0.3) is 0 Å². The maximum atomic E-state index is 13.8. The van der Waals surface area contributed by atoms with Crippen LogP contribution in [0.5, 0.6) is 0 Å². The largest absolute Gasteiger partial charge is 0.509 e. The van der Waals surface area contributed by atoms with Crippen molar-refractivity contribution >= 4 is 24.5 Å². The highest BCUT2D eigenvalue weighted by atomic mass is 19.1. The van der Waals surface area contributed by atoms with E-state index in [1.165, 1.54) is 9.80 Å². The van der Waals surface area contributed by atoms with Gasteiger partial charge < -0.3 is 38.2 Å². The van der Waals surface area contributed by atoms with Crippen molar-refractivity contribution < 1.29 is 56.4 Å². The van der Waals surface area contributed by atoms with Crippen LogP contribution < -0.4 is 0 Å². The van der Waals surface area contributed by atoms with Gasteiger partial charge in [-0.05, 0) is 83.1 Å². The van der Waals surface area contributed by atoms with Gasteiger partial charge in [0.05, 0.1) is 26.2 Å². The molecule has 12 nitrogen and oxygen atoms in total. The molecule has 2 amide bonds. The summed E-state index contributed by atoms with van der Waals surface area (Å²) in [6.45, 7) is 20.0. The van der Waals surface area contributed by atoms with Crippen molar-refractivity contribution in [2.45, 2.75) is 130 Å². The van der Waals surface area contributed by atoms with E-state index in [1.54, 1.807) is 83.1 Å². The molecule has 0 radical (unpaired) electrons. The van der Waals surface area contributed by atoms with Gasteiger partial charge in [-0.3, -0.25) is 0 Å². The van der Waals surface area contributed by atoms with Crippen LogP contribution in [0, 0.1) is 0 Å². The van der Waals surface area contributed by atoms with Gasteiger partial charge in [0, 0.05) is 0 Å². The van der Waals surface area contributed by atoms with Crippen molar-refractivity contribution in [3.05, 3.63) is 0 Å². The van der Waals surface area contributed by atoms with E-state index < -0.39 is 71.5 Å². The minimum absolute atomic E-state index is 0.0463. The van der Waals surface area contributed by atoms with Crippen molar-refractivity contribution in [2.24, 2.45) is 0 Å². The smallest absolute Gasteiger partial charge is 0.444 e. The van der Waals surface area contributed by atoms with Crippen LogP contribution >= 0.6 is 0 Å². The number of carbonyl (C=O) groups excluding carboxylic acids is 4. The van der Waals surface area contributed by atoms with Gasteiger partial charge in [-0.2, -0.15) is 0 Å². The Morgan fingerprint density at radius 1 is 0.500 bits per heavy atom. The predicted molar refractivity (Wildman–Crippen MR) is 148 cm³/mol. The highest BCUT2D eigenvalue weighted by Gasteiger charge is 2.41. The average Bonchev–Trinajstić information content (AvgIpc) is 3.26. The minimum Gasteiger partial charge on any atom is -0.444 e. The Balaban J connectivity index is 0.000000420. The zero-order valence-electron chi connectivity index (χ0n) is 26.9. The summed E-state index contributed by atoms with van der Waals surface area (Å²) in [7, 11) is 0. The molecule has 0 spiro atoms. The van der Waals surface area contributed by atoms with Crippen LogP contribution in [0.15, 0.2) is 0 Å². The van der Waals surface area contributed by atoms with E-state index in [9.17, 15) is 28.0 Å². The van der Waals surface area contributed by atoms with E-state index in [1.807, 2.05) is 0 Å². The molecule has 244 valence electrons. The van der Waals surface area contributed by atoms with Crippen LogP contribution in [0.4, 0.5) is 28.0 Å². The van der Waals surface area contributed by atoms with Gasteiger partial charge in [0.15, 0.2) is 24.6 Å². The Bertz CT molecular complexity index is 874. The lowest BCUT2D eigenvalue weighted by molar-refractivity contribution is -0.0364. The molecule has 0 unspecified atom stereocenters. The number of rotatable bonds is 2. The van der Waals surface area contributed by atoms with E-state index in [0.29, 0.717) is 0 Å². The summed E-state index contributed by atoms with van der Waals surface area (Å²) >= 11 is 0. The number of ether oxygens (including phenoxy) is 6. The molecule has 0 aliphatic carbocycles. The van der Waals surface area contributed by atoms with Gasteiger partial charge in [-0.15, -0.1) is 0 Å². The molecule has 2 aliphatic heterocycles. The molecule has 0 saturated carbocycles. The third-order valence-corrected chi connectivity index (χ3v) is 4.97. The monoisotopic (exact) mass is 610 g/mol. The summed E-state index contributed by atoms with van der Waals surface area (Å²) in [6.07, 6.45) is -8.11. The SMILES string of the molecule is CC(C)(C)OC(=O)O[C@@H]1CN(C(=O)OC(C)(C)C)C[C@H]1F.CC(C)(C)OC(=O)O[C@H]1CN(C(=O)OC(C)(C)C)C[C@@H]1F. The van der Waals surface area contributed by atoms with Gasteiger partial charge in [-0.25, -0.2) is 28.0 Å². The van der Waals surface area contributed by atoms with Gasteiger partial charge >= 0.3 is 24.5 Å². The number of halogens is 2. The van der Waals surface area contributed by atoms with Crippen molar-refractivity contribution in [3.8, 4) is 0 Å². The first-order valence-corrected chi connectivity index (χ1v) is 13.8. The van der Waals surface area contributed by atoms with E-state index >= 15 is 0 Å². The van der Waals surface area contributed by atoms with Gasteiger partial charge in [0.2, 0.25) is 0 Å². The molecular formula is C28H48F2N2O10. The molecular weight excluding hydrogens is 562 g/mol. The standard InChI is InChI=1S/2C14H24FNO5/c2*1-13(2,3)20-11(17)16-7-9(15)10(8-16)19-12(18)21-14(4,5)6/h2*9-10H,7-8H2,1-6H3/t2*9-,10-/m10/s1. The normalized spacial score (nSPS) is 22.9. The molecule has 0 aromatic heterocycles. The summed E-state index contributed by atoms with van der Waals surface area (Å²) in [6, 6.07) is 0. The molecule has 2 rings (SSSR count). The maximum absolute atomic E-state index is 13.8. The number of likely N-dealkylation sites (tertiary alicyclic amines) is 2. The molecule has 2 heterocycles. The van der Waals surface area contributed by atoms with Gasteiger partial charge in [-0.1, -0.05) is 0 Å². The molecule has 42 heavy (non-hydrogen) atoms. The molecule has 14 heteroatoms. The summed E-state index contributed by atoms with van der Waals surface area (Å²) in [5.41, 5.74) is -2.75. The number of hydrogen-bond donors (Lipinski definition) is 0. The lowest BCUT2D eigenvalue weighted by Crippen LogP contribution is -2.36. The first-order valence-electron chi connectivity index (χ1n) is 13.8. The summed E-state index contributed by atoms with van der Waals surface area (Å²) in [4.78, 5) is 49.1. The zero-order chi connectivity index (χ0) is 32.8. The Kier molecular flexibility index (Phi) is 12.3. The minimum atomic E-state index is -1.45. The third-order valence-electron chi connectivity index (χ3n) is 4.97. The Labute approximate surface area is 247 Å². The Morgan fingerprint density at radius 2 is 0.762 bits per heavy atom.